The van der Waals surface area contributed by atoms with Gasteiger partial charge < -0.3 is 4.74 Å². The molecule has 3 nitrogen and oxygen atoms in total. The molecule has 0 saturated heterocycles. The third-order valence-corrected chi connectivity index (χ3v) is 2.99. The van der Waals surface area contributed by atoms with Gasteiger partial charge in [-0.3, -0.25) is 4.57 Å². The van der Waals surface area contributed by atoms with Gasteiger partial charge in [0.05, 0.1) is 6.20 Å². The second-order valence-electron chi connectivity index (χ2n) is 3.16. The minimum Gasteiger partial charge on any atom is -0.425 e. The van der Waals surface area contributed by atoms with Crippen molar-refractivity contribution in [2.75, 3.05) is 0 Å². The number of hydrogen-bond acceptors (Lipinski definition) is 2. The molecule has 0 aliphatic heterocycles. The smallest absolute Gasteiger partial charge is 0.302 e. The Kier molecular flexibility index (Phi) is 3.51. The van der Waals surface area contributed by atoms with Gasteiger partial charge in [-0.05, 0) is 47.1 Å². The summed E-state index contributed by atoms with van der Waals surface area (Å²) in [6.07, 6.45) is 1.72. The van der Waals surface area contributed by atoms with Gasteiger partial charge in [-0.15, -0.1) is 0 Å². The maximum Gasteiger partial charge on any atom is 0.302 e. The third kappa shape index (κ3) is 2.39. The summed E-state index contributed by atoms with van der Waals surface area (Å²) in [6.45, 7) is 2.82. The van der Waals surface area contributed by atoms with Crippen LogP contribution in [0.25, 0.3) is 0 Å². The highest BCUT2D eigenvalue weighted by atomic mass is 79.9. The Morgan fingerprint density at radius 1 is 1.38 bits per heavy atom. The standard InChI is InChI=1S/C11H10BrClN2O/c1-2-15-10(12)7-14-11(15)16-9-5-3-8(13)4-6-9/h3-7H,2H2,1H3. The zero-order valence-corrected chi connectivity index (χ0v) is 11.0. The molecule has 1 heterocycles. The number of nitrogens with zero attached hydrogens (tertiary/aromatic N) is 2. The third-order valence-electron chi connectivity index (χ3n) is 2.11. The number of imidazole rings is 1. The Labute approximate surface area is 107 Å². The highest BCUT2D eigenvalue weighted by molar-refractivity contribution is 9.10. The summed E-state index contributed by atoms with van der Waals surface area (Å²) in [7, 11) is 0. The fourth-order valence-corrected chi connectivity index (χ4v) is 1.95. The molecule has 0 N–H and O–H groups in total. The predicted molar refractivity (Wildman–Crippen MR) is 67.1 cm³/mol. The molecule has 0 bridgehead atoms. The van der Waals surface area contributed by atoms with E-state index in [0.717, 1.165) is 16.9 Å². The number of hydrogen-bond donors (Lipinski definition) is 0. The zero-order valence-electron chi connectivity index (χ0n) is 8.65. The first kappa shape index (κ1) is 11.5. The minimum absolute atomic E-state index is 0.566. The van der Waals surface area contributed by atoms with Crippen molar-refractivity contribution >= 4 is 27.5 Å². The summed E-state index contributed by atoms with van der Waals surface area (Å²) < 4.78 is 8.47. The van der Waals surface area contributed by atoms with Gasteiger partial charge in [0.15, 0.2) is 0 Å². The van der Waals surface area contributed by atoms with E-state index in [1.54, 1.807) is 18.3 Å². The molecule has 0 spiro atoms. The SMILES string of the molecule is CCn1c(Br)cnc1Oc1ccc(Cl)cc1. The van der Waals surface area contributed by atoms with Gasteiger partial charge in [-0.25, -0.2) is 4.98 Å². The largest absolute Gasteiger partial charge is 0.425 e. The van der Waals surface area contributed by atoms with Crippen molar-refractivity contribution in [3.63, 3.8) is 0 Å². The summed E-state index contributed by atoms with van der Waals surface area (Å²) in [4.78, 5) is 4.17. The summed E-state index contributed by atoms with van der Waals surface area (Å²) in [5.41, 5.74) is 0. The highest BCUT2D eigenvalue weighted by Gasteiger charge is 2.08. The van der Waals surface area contributed by atoms with Crippen molar-refractivity contribution < 1.29 is 4.74 Å². The van der Waals surface area contributed by atoms with E-state index >= 15 is 0 Å². The normalized spacial score (nSPS) is 10.4. The van der Waals surface area contributed by atoms with Gasteiger partial charge >= 0.3 is 6.01 Å². The second kappa shape index (κ2) is 4.89. The Balaban J connectivity index is 2.23. The van der Waals surface area contributed by atoms with E-state index in [2.05, 4.69) is 20.9 Å². The molecule has 0 aliphatic carbocycles. The van der Waals surface area contributed by atoms with E-state index in [9.17, 15) is 0 Å². The number of benzene rings is 1. The molecule has 1 aromatic carbocycles. The van der Waals surface area contributed by atoms with Crippen LogP contribution in [0.1, 0.15) is 6.92 Å². The molecule has 1 aromatic heterocycles. The first-order chi connectivity index (χ1) is 7.70. The Bertz CT molecular complexity index is 481. The van der Waals surface area contributed by atoms with Gasteiger partial charge in [0.2, 0.25) is 0 Å². The average molecular weight is 302 g/mol. The van der Waals surface area contributed by atoms with Crippen molar-refractivity contribution in [1.82, 2.24) is 9.55 Å². The van der Waals surface area contributed by atoms with Crippen molar-refractivity contribution in [3.8, 4) is 11.8 Å². The van der Waals surface area contributed by atoms with Gasteiger partial charge in [-0.2, -0.15) is 0 Å². The number of halogens is 2. The molecular weight excluding hydrogens is 291 g/mol. The summed E-state index contributed by atoms with van der Waals surface area (Å²) in [5.74, 6) is 0.720. The van der Waals surface area contributed by atoms with E-state index in [0.29, 0.717) is 11.0 Å². The quantitative estimate of drug-likeness (QED) is 0.853. The molecule has 16 heavy (non-hydrogen) atoms. The van der Waals surface area contributed by atoms with E-state index in [1.165, 1.54) is 0 Å². The summed E-state index contributed by atoms with van der Waals surface area (Å²) in [6, 6.07) is 7.75. The lowest BCUT2D eigenvalue weighted by atomic mass is 10.3. The van der Waals surface area contributed by atoms with Crippen LogP contribution < -0.4 is 4.74 Å². The van der Waals surface area contributed by atoms with Crippen LogP contribution in [-0.4, -0.2) is 9.55 Å². The second-order valence-corrected chi connectivity index (χ2v) is 4.41. The van der Waals surface area contributed by atoms with Crippen LogP contribution in [-0.2, 0) is 6.54 Å². The molecule has 0 atom stereocenters. The summed E-state index contributed by atoms with van der Waals surface area (Å²) in [5, 5.41) is 0.687. The van der Waals surface area contributed by atoms with Gasteiger partial charge in [0, 0.05) is 11.6 Å². The Morgan fingerprint density at radius 2 is 2.06 bits per heavy atom. The zero-order chi connectivity index (χ0) is 11.5. The molecule has 5 heteroatoms. The lowest BCUT2D eigenvalue weighted by molar-refractivity contribution is 0.413. The van der Waals surface area contributed by atoms with Gasteiger partial charge in [-0.1, -0.05) is 11.6 Å². The van der Waals surface area contributed by atoms with Crippen molar-refractivity contribution in [2.45, 2.75) is 13.5 Å². The Morgan fingerprint density at radius 3 is 2.69 bits per heavy atom. The van der Waals surface area contributed by atoms with Crippen LogP contribution in [0.5, 0.6) is 11.8 Å². The lowest BCUT2D eigenvalue weighted by Crippen LogP contribution is -1.98. The molecule has 0 aliphatic rings. The van der Waals surface area contributed by atoms with Crippen molar-refractivity contribution in [2.24, 2.45) is 0 Å². The van der Waals surface area contributed by atoms with Crippen LogP contribution in [0.3, 0.4) is 0 Å². The molecule has 2 rings (SSSR count). The number of ether oxygens (including phenoxy) is 1. The number of rotatable bonds is 3. The topological polar surface area (TPSA) is 27.1 Å². The molecule has 0 radical (unpaired) electrons. The van der Waals surface area contributed by atoms with Crippen molar-refractivity contribution in [3.05, 3.63) is 40.1 Å². The monoisotopic (exact) mass is 300 g/mol. The van der Waals surface area contributed by atoms with Gasteiger partial charge in [0.1, 0.15) is 10.4 Å². The van der Waals surface area contributed by atoms with Crippen LogP contribution in [0, 0.1) is 0 Å². The number of aromatic nitrogens is 2. The van der Waals surface area contributed by atoms with Crippen molar-refractivity contribution in [1.29, 1.82) is 0 Å². The lowest BCUT2D eigenvalue weighted by Gasteiger charge is -2.07. The fourth-order valence-electron chi connectivity index (χ4n) is 1.32. The summed E-state index contributed by atoms with van der Waals surface area (Å²) >= 11 is 9.20. The molecule has 0 fully saturated rings. The molecular formula is C11H10BrClN2O. The Hall–Kier alpha value is -1.00. The van der Waals surface area contributed by atoms with E-state index < -0.39 is 0 Å². The molecule has 0 unspecified atom stereocenters. The van der Waals surface area contributed by atoms with Crippen LogP contribution in [0.15, 0.2) is 35.1 Å². The maximum atomic E-state index is 5.79. The minimum atomic E-state index is 0.566. The van der Waals surface area contributed by atoms with E-state index in [-0.39, 0.29) is 0 Å². The van der Waals surface area contributed by atoms with E-state index in [4.69, 9.17) is 16.3 Å². The van der Waals surface area contributed by atoms with Crippen LogP contribution in [0.4, 0.5) is 0 Å². The van der Waals surface area contributed by atoms with E-state index in [1.807, 2.05) is 23.6 Å². The first-order valence-electron chi connectivity index (χ1n) is 4.85. The molecule has 0 amide bonds. The molecule has 0 saturated carbocycles. The molecule has 2 aromatic rings. The molecule has 84 valence electrons. The predicted octanol–water partition coefficient (Wildman–Crippen LogP) is 4.11. The van der Waals surface area contributed by atoms with Crippen LogP contribution >= 0.6 is 27.5 Å². The van der Waals surface area contributed by atoms with Crippen LogP contribution in [0.2, 0.25) is 5.02 Å². The highest BCUT2D eigenvalue weighted by Crippen LogP contribution is 2.24. The average Bonchev–Trinajstić information content (AvgIpc) is 2.63. The first-order valence-corrected chi connectivity index (χ1v) is 6.02. The van der Waals surface area contributed by atoms with Gasteiger partial charge in [0.25, 0.3) is 0 Å². The fraction of sp³-hybridized carbons (Fsp3) is 0.182. The maximum absolute atomic E-state index is 5.79.